The molecular formula is C22H25NO3. The molecule has 1 aromatic heterocycles. The van der Waals surface area contributed by atoms with Crippen LogP contribution >= 0.6 is 0 Å². The molecule has 1 fully saturated rings. The number of hydrogen-bond donors (Lipinski definition) is 0. The summed E-state index contributed by atoms with van der Waals surface area (Å²) in [4.78, 5) is 16.7. The number of esters is 1. The van der Waals surface area contributed by atoms with Gasteiger partial charge in [0.05, 0.1) is 18.2 Å². The van der Waals surface area contributed by atoms with Crippen LogP contribution in [0.1, 0.15) is 50.3 Å². The molecule has 4 heteroatoms. The van der Waals surface area contributed by atoms with Crippen molar-refractivity contribution in [1.29, 1.82) is 0 Å². The lowest BCUT2D eigenvalue weighted by molar-refractivity contribution is -0.140. The van der Waals surface area contributed by atoms with Gasteiger partial charge in [0.15, 0.2) is 11.5 Å². The Bertz CT molecular complexity index is 749. The molecule has 0 atom stereocenters. The van der Waals surface area contributed by atoms with Crippen LogP contribution in [0.15, 0.2) is 42.6 Å². The number of benzene rings is 1. The molecule has 0 amide bonds. The molecular weight excluding hydrogens is 326 g/mol. The predicted octanol–water partition coefficient (Wildman–Crippen LogP) is 5.14. The lowest BCUT2D eigenvalue weighted by Gasteiger charge is -2.20. The van der Waals surface area contributed by atoms with Gasteiger partial charge in [-0.25, -0.2) is 0 Å². The maximum Gasteiger partial charge on any atom is 0.314 e. The van der Waals surface area contributed by atoms with E-state index in [-0.39, 0.29) is 11.9 Å². The van der Waals surface area contributed by atoms with Gasteiger partial charge < -0.3 is 9.47 Å². The number of hydrogen-bond acceptors (Lipinski definition) is 4. The summed E-state index contributed by atoms with van der Waals surface area (Å²) in [6, 6.07) is 11.4. The second kappa shape index (κ2) is 9.18. The molecule has 4 nitrogen and oxygen atoms in total. The van der Waals surface area contributed by atoms with E-state index in [1.807, 2.05) is 55.5 Å². The van der Waals surface area contributed by atoms with Gasteiger partial charge in [-0.1, -0.05) is 37.5 Å². The van der Waals surface area contributed by atoms with Crippen LogP contribution in [0.5, 0.6) is 11.5 Å². The Morgan fingerprint density at radius 2 is 1.96 bits per heavy atom. The third-order valence-electron chi connectivity index (χ3n) is 4.55. The first-order chi connectivity index (χ1) is 12.8. The Morgan fingerprint density at radius 1 is 1.12 bits per heavy atom. The van der Waals surface area contributed by atoms with Gasteiger partial charge in [-0.15, -0.1) is 0 Å². The fraction of sp³-hybridized carbons (Fsp3) is 0.364. The van der Waals surface area contributed by atoms with Gasteiger partial charge in [0.2, 0.25) is 0 Å². The third-order valence-corrected chi connectivity index (χ3v) is 4.55. The van der Waals surface area contributed by atoms with E-state index >= 15 is 0 Å². The molecule has 2 aromatic rings. The fourth-order valence-electron chi connectivity index (χ4n) is 3.17. The molecule has 0 radical (unpaired) electrons. The average molecular weight is 351 g/mol. The number of ether oxygens (including phenoxy) is 2. The van der Waals surface area contributed by atoms with Crippen LogP contribution in [-0.4, -0.2) is 17.6 Å². The van der Waals surface area contributed by atoms with Crippen LogP contribution in [0.2, 0.25) is 0 Å². The fourth-order valence-corrected chi connectivity index (χ4v) is 3.17. The quantitative estimate of drug-likeness (QED) is 0.534. The van der Waals surface area contributed by atoms with Crippen molar-refractivity contribution in [2.75, 3.05) is 6.61 Å². The van der Waals surface area contributed by atoms with Crippen LogP contribution in [0.25, 0.3) is 12.2 Å². The van der Waals surface area contributed by atoms with E-state index in [0.717, 1.165) is 36.9 Å². The lowest BCUT2D eigenvalue weighted by atomic mass is 9.89. The van der Waals surface area contributed by atoms with E-state index in [0.29, 0.717) is 18.1 Å². The van der Waals surface area contributed by atoms with Gasteiger partial charge in [-0.3, -0.25) is 9.78 Å². The molecule has 1 aromatic carbocycles. The molecule has 26 heavy (non-hydrogen) atoms. The van der Waals surface area contributed by atoms with Crippen molar-refractivity contribution in [3.8, 4) is 11.5 Å². The molecule has 1 saturated carbocycles. The van der Waals surface area contributed by atoms with Crippen molar-refractivity contribution in [1.82, 2.24) is 4.98 Å². The summed E-state index contributed by atoms with van der Waals surface area (Å²) < 4.78 is 11.3. The van der Waals surface area contributed by atoms with Crippen LogP contribution in [0, 0.1) is 5.92 Å². The molecule has 0 N–H and O–H groups in total. The van der Waals surface area contributed by atoms with Crippen molar-refractivity contribution >= 4 is 18.1 Å². The van der Waals surface area contributed by atoms with Crippen molar-refractivity contribution in [2.45, 2.75) is 39.0 Å². The number of carbonyl (C=O) groups excluding carboxylic acids is 1. The normalized spacial score (nSPS) is 15.1. The molecule has 0 unspecified atom stereocenters. The van der Waals surface area contributed by atoms with Gasteiger partial charge in [0, 0.05) is 6.20 Å². The Kier molecular flexibility index (Phi) is 6.42. The minimum absolute atomic E-state index is 0.0157. The molecule has 1 aliphatic carbocycles. The first kappa shape index (κ1) is 18.2. The predicted molar refractivity (Wildman–Crippen MR) is 103 cm³/mol. The van der Waals surface area contributed by atoms with E-state index in [1.165, 1.54) is 6.42 Å². The molecule has 0 saturated heterocycles. The first-order valence-electron chi connectivity index (χ1n) is 9.34. The first-order valence-corrected chi connectivity index (χ1v) is 9.34. The van der Waals surface area contributed by atoms with Crippen LogP contribution < -0.4 is 9.47 Å². The maximum absolute atomic E-state index is 12.4. The summed E-state index contributed by atoms with van der Waals surface area (Å²) in [5.41, 5.74) is 1.86. The second-order valence-corrected chi connectivity index (χ2v) is 6.48. The number of rotatable bonds is 6. The number of nitrogens with zero attached hydrogens (tertiary/aromatic N) is 1. The topological polar surface area (TPSA) is 48.4 Å². The van der Waals surface area contributed by atoms with E-state index in [4.69, 9.17) is 9.47 Å². The summed E-state index contributed by atoms with van der Waals surface area (Å²) in [6.45, 7) is 2.44. The highest BCUT2D eigenvalue weighted by Gasteiger charge is 2.24. The molecule has 0 bridgehead atoms. The third kappa shape index (κ3) is 4.94. The van der Waals surface area contributed by atoms with Crippen LogP contribution in [0.4, 0.5) is 0 Å². The minimum atomic E-state index is -0.137. The summed E-state index contributed by atoms with van der Waals surface area (Å²) >= 11 is 0. The molecule has 136 valence electrons. The van der Waals surface area contributed by atoms with E-state index in [9.17, 15) is 4.79 Å². The SMILES string of the molecule is CCOc1cc(/C=C/c2ccccn2)ccc1OC(=O)C1CCCCC1. The molecule has 1 aliphatic rings. The van der Waals surface area contributed by atoms with E-state index in [2.05, 4.69) is 4.98 Å². The Labute approximate surface area is 154 Å². The zero-order valence-corrected chi connectivity index (χ0v) is 15.2. The van der Waals surface area contributed by atoms with Crippen LogP contribution in [-0.2, 0) is 4.79 Å². The van der Waals surface area contributed by atoms with E-state index < -0.39 is 0 Å². The Hall–Kier alpha value is -2.62. The maximum atomic E-state index is 12.4. The van der Waals surface area contributed by atoms with E-state index in [1.54, 1.807) is 6.20 Å². The average Bonchev–Trinajstić information content (AvgIpc) is 2.69. The van der Waals surface area contributed by atoms with Crippen molar-refractivity contribution < 1.29 is 14.3 Å². The van der Waals surface area contributed by atoms with Crippen molar-refractivity contribution in [3.05, 3.63) is 53.9 Å². The van der Waals surface area contributed by atoms with Gasteiger partial charge in [0.25, 0.3) is 0 Å². The van der Waals surface area contributed by atoms with Gasteiger partial charge >= 0.3 is 5.97 Å². The zero-order chi connectivity index (χ0) is 18.2. The smallest absolute Gasteiger partial charge is 0.314 e. The minimum Gasteiger partial charge on any atom is -0.490 e. The highest BCUT2D eigenvalue weighted by molar-refractivity contribution is 5.76. The summed E-state index contributed by atoms with van der Waals surface area (Å²) in [5.74, 6) is 0.974. The monoisotopic (exact) mass is 351 g/mol. The number of pyridine rings is 1. The molecule has 0 aliphatic heterocycles. The highest BCUT2D eigenvalue weighted by Crippen LogP contribution is 2.32. The zero-order valence-electron chi connectivity index (χ0n) is 15.2. The second-order valence-electron chi connectivity index (χ2n) is 6.48. The Morgan fingerprint density at radius 3 is 2.69 bits per heavy atom. The Balaban J connectivity index is 1.73. The van der Waals surface area contributed by atoms with Gasteiger partial charge in [-0.05, 0) is 55.7 Å². The summed E-state index contributed by atoms with van der Waals surface area (Å²) in [6.07, 6.45) is 11.0. The molecule has 1 heterocycles. The molecule has 3 rings (SSSR count). The van der Waals surface area contributed by atoms with Gasteiger partial charge in [-0.2, -0.15) is 0 Å². The lowest BCUT2D eigenvalue weighted by Crippen LogP contribution is -2.23. The van der Waals surface area contributed by atoms with Crippen LogP contribution in [0.3, 0.4) is 0 Å². The standard InChI is InChI=1S/C22H25NO3/c1-2-25-21-16-17(11-13-19-10-6-7-15-23-19)12-14-20(21)26-22(24)18-8-4-3-5-9-18/h6-7,10-16,18H,2-5,8-9H2,1H3/b13-11+. The van der Waals surface area contributed by atoms with Crippen molar-refractivity contribution in [2.24, 2.45) is 5.92 Å². The largest absolute Gasteiger partial charge is 0.490 e. The van der Waals surface area contributed by atoms with Crippen molar-refractivity contribution in [3.63, 3.8) is 0 Å². The molecule has 0 spiro atoms. The number of aromatic nitrogens is 1. The highest BCUT2D eigenvalue weighted by atomic mass is 16.6. The summed E-state index contributed by atoms with van der Waals surface area (Å²) in [7, 11) is 0. The number of carbonyl (C=O) groups is 1. The van der Waals surface area contributed by atoms with Gasteiger partial charge in [0.1, 0.15) is 0 Å². The summed E-state index contributed by atoms with van der Waals surface area (Å²) in [5, 5.41) is 0.